The number of nitrogens with one attached hydrogen (secondary N) is 1. The molecular formula is C13H18F3NO2. The molecule has 3 nitrogen and oxygen atoms in total. The summed E-state index contributed by atoms with van der Waals surface area (Å²) in [5.74, 6) is -1.52. The van der Waals surface area contributed by atoms with Crippen molar-refractivity contribution >= 4 is 12.2 Å². The third-order valence-corrected chi connectivity index (χ3v) is 5.06. The van der Waals surface area contributed by atoms with E-state index in [4.69, 9.17) is 0 Å². The molecule has 0 aromatic heterocycles. The number of carbonyl (C=O) groups excluding carboxylic acids is 2. The van der Waals surface area contributed by atoms with Gasteiger partial charge in [0, 0.05) is 12.5 Å². The molecule has 0 aliphatic heterocycles. The first-order valence-corrected chi connectivity index (χ1v) is 6.49. The fourth-order valence-electron chi connectivity index (χ4n) is 3.80. The second-order valence-corrected chi connectivity index (χ2v) is 6.24. The first kappa shape index (κ1) is 14.3. The minimum Gasteiger partial charge on any atom is -0.345 e. The lowest BCUT2D eigenvalue weighted by Gasteiger charge is -2.62. The van der Waals surface area contributed by atoms with Gasteiger partial charge in [-0.3, -0.25) is 4.79 Å². The van der Waals surface area contributed by atoms with Crippen molar-refractivity contribution in [3.05, 3.63) is 0 Å². The highest BCUT2D eigenvalue weighted by molar-refractivity contribution is 5.82. The summed E-state index contributed by atoms with van der Waals surface area (Å²) in [6.45, 7) is 4.18. The van der Waals surface area contributed by atoms with Crippen LogP contribution < -0.4 is 5.32 Å². The van der Waals surface area contributed by atoms with Crippen molar-refractivity contribution in [1.29, 1.82) is 0 Å². The average molecular weight is 277 g/mol. The fourth-order valence-corrected chi connectivity index (χ4v) is 3.80. The molecule has 0 radical (unpaired) electrons. The predicted octanol–water partition coefficient (Wildman–Crippen LogP) is 2.30. The zero-order valence-corrected chi connectivity index (χ0v) is 11.0. The number of hydrogen-bond acceptors (Lipinski definition) is 2. The number of amides is 1. The molecule has 2 bridgehead atoms. The van der Waals surface area contributed by atoms with Gasteiger partial charge in [-0.25, -0.2) is 0 Å². The topological polar surface area (TPSA) is 46.2 Å². The van der Waals surface area contributed by atoms with E-state index in [1.54, 1.807) is 0 Å². The highest BCUT2D eigenvalue weighted by Crippen LogP contribution is 2.61. The van der Waals surface area contributed by atoms with Crippen molar-refractivity contribution in [3.63, 3.8) is 0 Å². The van der Waals surface area contributed by atoms with Crippen LogP contribution in [0.2, 0.25) is 0 Å². The molecule has 2 unspecified atom stereocenters. The lowest BCUT2D eigenvalue weighted by atomic mass is 9.44. The second kappa shape index (κ2) is 4.49. The SMILES string of the molecule is CC1(C)C2CC1[C@H](CC=O)[C@@H](NC(=O)C(F)(F)F)C2. The highest BCUT2D eigenvalue weighted by atomic mass is 19.4. The van der Waals surface area contributed by atoms with Crippen LogP contribution in [0, 0.1) is 23.2 Å². The number of rotatable bonds is 3. The molecule has 4 atom stereocenters. The van der Waals surface area contributed by atoms with Crippen LogP contribution in [0.4, 0.5) is 13.2 Å². The van der Waals surface area contributed by atoms with Gasteiger partial charge < -0.3 is 10.1 Å². The van der Waals surface area contributed by atoms with Gasteiger partial charge in [-0.1, -0.05) is 13.8 Å². The Bertz CT molecular complexity index is 392. The van der Waals surface area contributed by atoms with Gasteiger partial charge in [-0.2, -0.15) is 13.2 Å². The Kier molecular flexibility index (Phi) is 3.39. The minimum absolute atomic E-state index is 0.0626. The molecule has 0 saturated heterocycles. The molecule has 19 heavy (non-hydrogen) atoms. The number of halogens is 3. The molecule has 1 N–H and O–H groups in total. The van der Waals surface area contributed by atoms with Crippen LogP contribution in [0.15, 0.2) is 0 Å². The minimum atomic E-state index is -4.86. The first-order valence-electron chi connectivity index (χ1n) is 6.49. The molecule has 108 valence electrons. The maximum atomic E-state index is 12.3. The summed E-state index contributed by atoms with van der Waals surface area (Å²) in [6, 6.07) is -0.531. The summed E-state index contributed by atoms with van der Waals surface area (Å²) in [7, 11) is 0. The van der Waals surface area contributed by atoms with Gasteiger partial charge in [0.15, 0.2) is 0 Å². The van der Waals surface area contributed by atoms with Gasteiger partial charge in [-0.05, 0) is 36.0 Å². The van der Waals surface area contributed by atoms with E-state index < -0.39 is 18.1 Å². The molecule has 0 heterocycles. The second-order valence-electron chi connectivity index (χ2n) is 6.24. The molecule has 1 amide bonds. The van der Waals surface area contributed by atoms with Crippen LogP contribution in [0.1, 0.15) is 33.1 Å². The Morgan fingerprint density at radius 1 is 1.37 bits per heavy atom. The number of carbonyl (C=O) groups is 2. The zero-order chi connectivity index (χ0) is 14.4. The van der Waals surface area contributed by atoms with Gasteiger partial charge in [-0.15, -0.1) is 0 Å². The van der Waals surface area contributed by atoms with Gasteiger partial charge in [0.25, 0.3) is 0 Å². The monoisotopic (exact) mass is 277 g/mol. The van der Waals surface area contributed by atoms with Crippen LogP contribution in [0.3, 0.4) is 0 Å². The smallest absolute Gasteiger partial charge is 0.345 e. The third kappa shape index (κ3) is 2.37. The summed E-state index contributed by atoms with van der Waals surface area (Å²) in [6.07, 6.45) is -2.42. The Balaban J connectivity index is 2.09. The maximum absolute atomic E-state index is 12.3. The number of alkyl halides is 3. The van der Waals surface area contributed by atoms with Crippen LogP contribution in [-0.2, 0) is 9.59 Å². The van der Waals surface area contributed by atoms with E-state index in [-0.39, 0.29) is 23.7 Å². The lowest BCUT2D eigenvalue weighted by Crippen LogP contribution is -2.62. The van der Waals surface area contributed by atoms with Gasteiger partial charge in [0.2, 0.25) is 0 Å². The first-order chi connectivity index (χ1) is 8.67. The molecular weight excluding hydrogens is 259 g/mol. The largest absolute Gasteiger partial charge is 0.471 e. The summed E-state index contributed by atoms with van der Waals surface area (Å²) in [5, 5.41) is 2.07. The Morgan fingerprint density at radius 3 is 2.47 bits per heavy atom. The van der Waals surface area contributed by atoms with E-state index in [1.165, 1.54) is 0 Å². The molecule has 3 saturated carbocycles. The van der Waals surface area contributed by atoms with E-state index in [2.05, 4.69) is 19.2 Å². The van der Waals surface area contributed by atoms with Crippen molar-refractivity contribution in [3.8, 4) is 0 Å². The van der Waals surface area contributed by atoms with Crippen molar-refractivity contribution in [1.82, 2.24) is 5.32 Å². The molecule has 3 aliphatic rings. The van der Waals surface area contributed by atoms with E-state index >= 15 is 0 Å². The van der Waals surface area contributed by atoms with Gasteiger partial charge >= 0.3 is 12.1 Å². The molecule has 6 heteroatoms. The highest BCUT2D eigenvalue weighted by Gasteiger charge is 2.58. The number of fused-ring (bicyclic) bond motifs is 2. The Hall–Kier alpha value is -1.07. The van der Waals surface area contributed by atoms with E-state index in [0.29, 0.717) is 12.3 Å². The molecule has 3 fully saturated rings. The van der Waals surface area contributed by atoms with Gasteiger partial charge in [0.05, 0.1) is 0 Å². The number of aldehydes is 1. The predicted molar refractivity (Wildman–Crippen MR) is 62.2 cm³/mol. The summed E-state index contributed by atoms with van der Waals surface area (Å²) >= 11 is 0. The maximum Gasteiger partial charge on any atom is 0.471 e. The Labute approximate surface area is 109 Å². The molecule has 0 aromatic carbocycles. The van der Waals surface area contributed by atoms with Crippen molar-refractivity contribution < 1.29 is 22.8 Å². The lowest BCUT2D eigenvalue weighted by molar-refractivity contribution is -0.179. The van der Waals surface area contributed by atoms with E-state index in [9.17, 15) is 22.8 Å². The third-order valence-electron chi connectivity index (χ3n) is 5.06. The normalized spacial score (nSPS) is 36.3. The van der Waals surface area contributed by atoms with Crippen LogP contribution >= 0.6 is 0 Å². The summed E-state index contributed by atoms with van der Waals surface area (Å²) in [5.41, 5.74) is 0.0626. The van der Waals surface area contributed by atoms with Crippen LogP contribution in [0.25, 0.3) is 0 Å². The standard InChI is InChI=1S/C13H18F3NO2/c1-12(2)7-5-9(12)8(3-4-18)10(6-7)17-11(19)13(14,15)16/h4,7-10H,3,5-6H2,1-2H3,(H,17,19)/t7?,8-,9?,10-/m0/s1. The molecule has 0 aromatic rings. The quantitative estimate of drug-likeness (QED) is 0.805. The fraction of sp³-hybridized carbons (Fsp3) is 0.846. The van der Waals surface area contributed by atoms with Crippen LogP contribution in [0.5, 0.6) is 0 Å². The number of hydrogen-bond donors (Lipinski definition) is 1. The van der Waals surface area contributed by atoms with Crippen molar-refractivity contribution in [2.45, 2.75) is 45.3 Å². The van der Waals surface area contributed by atoms with E-state index in [0.717, 1.165) is 12.7 Å². The van der Waals surface area contributed by atoms with Crippen molar-refractivity contribution in [2.75, 3.05) is 0 Å². The molecule has 3 rings (SSSR count). The average Bonchev–Trinajstić information content (AvgIpc) is 2.29. The van der Waals surface area contributed by atoms with Crippen LogP contribution in [-0.4, -0.2) is 24.4 Å². The Morgan fingerprint density at radius 2 is 2.00 bits per heavy atom. The van der Waals surface area contributed by atoms with Crippen molar-refractivity contribution in [2.24, 2.45) is 23.2 Å². The zero-order valence-electron chi connectivity index (χ0n) is 11.0. The molecule has 0 spiro atoms. The van der Waals surface area contributed by atoms with Gasteiger partial charge in [0.1, 0.15) is 6.29 Å². The molecule has 3 aliphatic carbocycles. The summed E-state index contributed by atoms with van der Waals surface area (Å²) < 4.78 is 36.9. The summed E-state index contributed by atoms with van der Waals surface area (Å²) in [4.78, 5) is 21.8. The van der Waals surface area contributed by atoms with E-state index in [1.807, 2.05) is 0 Å².